The molecular formula is C25H30N4O. The van der Waals surface area contributed by atoms with Gasteiger partial charge in [0.1, 0.15) is 5.69 Å². The van der Waals surface area contributed by atoms with Crippen LogP contribution in [0.2, 0.25) is 0 Å². The van der Waals surface area contributed by atoms with E-state index < -0.39 is 0 Å². The van der Waals surface area contributed by atoms with Crippen molar-refractivity contribution in [2.45, 2.75) is 37.6 Å². The highest BCUT2D eigenvalue weighted by molar-refractivity contribution is 5.94. The molecule has 156 valence electrons. The first-order valence-electron chi connectivity index (χ1n) is 10.8. The summed E-state index contributed by atoms with van der Waals surface area (Å²) < 4.78 is 1.75. The van der Waals surface area contributed by atoms with Gasteiger partial charge in [0.05, 0.1) is 11.4 Å². The summed E-state index contributed by atoms with van der Waals surface area (Å²) in [6.45, 7) is 0.652. The maximum absolute atomic E-state index is 13.3. The molecule has 3 aromatic rings. The number of aromatic nitrogens is 2. The third kappa shape index (κ3) is 4.17. The number of nitrogens with zero attached hydrogens (tertiary/aromatic N) is 3. The van der Waals surface area contributed by atoms with Crippen LogP contribution in [-0.4, -0.2) is 46.8 Å². The standard InChI is InChI=1S/C25H30N4O/c1-28(2)25(16-10-5-11-17-25)19-26-24(30)23-18-22(20-12-6-3-7-13-20)27-29(23)21-14-8-4-9-15-21/h3-4,6-9,12-15,18H,5,10-11,16-17,19H2,1-2H3,(H,26,30). The highest BCUT2D eigenvalue weighted by Crippen LogP contribution is 2.31. The van der Waals surface area contributed by atoms with Gasteiger partial charge in [-0.05, 0) is 45.1 Å². The molecule has 1 aliphatic rings. The highest BCUT2D eigenvalue weighted by atomic mass is 16.2. The summed E-state index contributed by atoms with van der Waals surface area (Å²) in [5, 5.41) is 7.99. The van der Waals surface area contributed by atoms with E-state index in [0.29, 0.717) is 12.2 Å². The van der Waals surface area contributed by atoms with E-state index in [0.717, 1.165) is 29.8 Å². The second-order valence-corrected chi connectivity index (χ2v) is 8.39. The average Bonchev–Trinajstić information content (AvgIpc) is 3.25. The SMILES string of the molecule is CN(C)C1(CNC(=O)c2cc(-c3ccccc3)nn2-c2ccccc2)CCCCC1. The predicted molar refractivity (Wildman–Crippen MR) is 121 cm³/mol. The van der Waals surface area contributed by atoms with E-state index in [1.54, 1.807) is 4.68 Å². The Bertz CT molecular complexity index is 973. The van der Waals surface area contributed by atoms with Gasteiger partial charge in [-0.1, -0.05) is 67.8 Å². The molecule has 1 aromatic heterocycles. The van der Waals surface area contributed by atoms with Gasteiger partial charge in [0.25, 0.3) is 5.91 Å². The molecule has 1 heterocycles. The van der Waals surface area contributed by atoms with Gasteiger partial charge in [0.2, 0.25) is 0 Å². The minimum absolute atomic E-state index is 0.0355. The lowest BCUT2D eigenvalue weighted by Gasteiger charge is -2.43. The van der Waals surface area contributed by atoms with Crippen LogP contribution < -0.4 is 5.32 Å². The molecular weight excluding hydrogens is 372 g/mol. The fourth-order valence-electron chi connectivity index (χ4n) is 4.39. The quantitative estimate of drug-likeness (QED) is 0.659. The van der Waals surface area contributed by atoms with Gasteiger partial charge in [-0.25, -0.2) is 4.68 Å². The van der Waals surface area contributed by atoms with Crippen LogP contribution in [0.15, 0.2) is 66.7 Å². The molecule has 2 aromatic carbocycles. The Morgan fingerprint density at radius 1 is 1.00 bits per heavy atom. The van der Waals surface area contributed by atoms with Crippen molar-refractivity contribution in [3.05, 3.63) is 72.4 Å². The topological polar surface area (TPSA) is 50.2 Å². The van der Waals surface area contributed by atoms with E-state index in [2.05, 4.69) is 24.3 Å². The Labute approximate surface area is 178 Å². The lowest BCUT2D eigenvalue weighted by atomic mass is 9.80. The zero-order valence-corrected chi connectivity index (χ0v) is 17.8. The summed E-state index contributed by atoms with van der Waals surface area (Å²) in [5.74, 6) is -0.0830. The number of likely N-dealkylation sites (N-methyl/N-ethyl adjacent to an activating group) is 1. The van der Waals surface area contributed by atoms with Crippen molar-refractivity contribution >= 4 is 5.91 Å². The Hall–Kier alpha value is -2.92. The van der Waals surface area contributed by atoms with Crippen LogP contribution in [0.4, 0.5) is 0 Å². The second kappa shape index (κ2) is 8.84. The number of hydrogen-bond donors (Lipinski definition) is 1. The van der Waals surface area contributed by atoms with Crippen molar-refractivity contribution in [3.8, 4) is 16.9 Å². The van der Waals surface area contributed by atoms with Gasteiger partial charge >= 0.3 is 0 Å². The third-order valence-electron chi connectivity index (χ3n) is 6.32. The number of nitrogens with one attached hydrogen (secondary N) is 1. The van der Waals surface area contributed by atoms with Crippen molar-refractivity contribution < 1.29 is 4.79 Å². The number of amides is 1. The molecule has 1 N–H and O–H groups in total. The Balaban J connectivity index is 1.63. The van der Waals surface area contributed by atoms with Crippen LogP contribution in [-0.2, 0) is 0 Å². The molecule has 0 unspecified atom stereocenters. The van der Waals surface area contributed by atoms with E-state index in [1.165, 1.54) is 19.3 Å². The van der Waals surface area contributed by atoms with Crippen molar-refractivity contribution in [2.24, 2.45) is 0 Å². The van der Waals surface area contributed by atoms with E-state index in [1.807, 2.05) is 66.7 Å². The fraction of sp³-hybridized carbons (Fsp3) is 0.360. The summed E-state index contributed by atoms with van der Waals surface area (Å²) in [7, 11) is 4.25. The van der Waals surface area contributed by atoms with Gasteiger partial charge in [-0.2, -0.15) is 5.10 Å². The van der Waals surface area contributed by atoms with Crippen LogP contribution in [0.1, 0.15) is 42.6 Å². The molecule has 1 saturated carbocycles. The van der Waals surface area contributed by atoms with E-state index in [9.17, 15) is 4.79 Å². The summed E-state index contributed by atoms with van der Waals surface area (Å²) in [6, 6.07) is 21.7. The van der Waals surface area contributed by atoms with Gasteiger partial charge in [-0.3, -0.25) is 4.79 Å². The lowest BCUT2D eigenvalue weighted by molar-refractivity contribution is 0.0794. The number of benzene rings is 2. The zero-order chi connectivity index (χ0) is 21.0. The normalized spacial score (nSPS) is 15.8. The number of para-hydroxylation sites is 1. The Kier molecular flexibility index (Phi) is 6.00. The molecule has 30 heavy (non-hydrogen) atoms. The van der Waals surface area contributed by atoms with E-state index in [4.69, 9.17) is 5.10 Å². The van der Waals surface area contributed by atoms with E-state index >= 15 is 0 Å². The molecule has 0 aliphatic heterocycles. The zero-order valence-electron chi connectivity index (χ0n) is 17.8. The second-order valence-electron chi connectivity index (χ2n) is 8.39. The largest absolute Gasteiger partial charge is 0.349 e. The fourth-order valence-corrected chi connectivity index (χ4v) is 4.39. The van der Waals surface area contributed by atoms with Crippen molar-refractivity contribution in [1.82, 2.24) is 20.0 Å². The van der Waals surface area contributed by atoms with Crippen molar-refractivity contribution in [3.63, 3.8) is 0 Å². The molecule has 0 bridgehead atoms. The molecule has 1 aliphatic carbocycles. The van der Waals surface area contributed by atoms with Crippen LogP contribution in [0.5, 0.6) is 0 Å². The first-order chi connectivity index (χ1) is 14.6. The minimum atomic E-state index is -0.0830. The summed E-state index contributed by atoms with van der Waals surface area (Å²) in [5.41, 5.74) is 3.27. The molecule has 1 amide bonds. The van der Waals surface area contributed by atoms with Crippen LogP contribution in [0, 0.1) is 0 Å². The number of carbonyl (C=O) groups excluding carboxylic acids is 1. The number of carbonyl (C=O) groups is 1. The van der Waals surface area contributed by atoms with Crippen molar-refractivity contribution in [2.75, 3.05) is 20.6 Å². The number of hydrogen-bond acceptors (Lipinski definition) is 3. The minimum Gasteiger partial charge on any atom is -0.349 e. The molecule has 0 saturated heterocycles. The third-order valence-corrected chi connectivity index (χ3v) is 6.32. The Morgan fingerprint density at radius 2 is 1.63 bits per heavy atom. The Morgan fingerprint density at radius 3 is 2.27 bits per heavy atom. The summed E-state index contributed by atoms with van der Waals surface area (Å²) in [6.07, 6.45) is 5.95. The smallest absolute Gasteiger partial charge is 0.270 e. The predicted octanol–water partition coefficient (Wildman–Crippen LogP) is 4.53. The molecule has 0 atom stereocenters. The first-order valence-corrected chi connectivity index (χ1v) is 10.8. The van der Waals surface area contributed by atoms with Gasteiger partial charge < -0.3 is 10.2 Å². The molecule has 1 fully saturated rings. The van der Waals surface area contributed by atoms with Crippen molar-refractivity contribution in [1.29, 1.82) is 0 Å². The molecule has 0 radical (unpaired) electrons. The highest BCUT2D eigenvalue weighted by Gasteiger charge is 2.34. The van der Waals surface area contributed by atoms with Crippen LogP contribution in [0.25, 0.3) is 16.9 Å². The molecule has 5 nitrogen and oxygen atoms in total. The van der Waals surface area contributed by atoms with Gasteiger partial charge in [0, 0.05) is 17.6 Å². The number of rotatable bonds is 6. The maximum atomic E-state index is 13.3. The monoisotopic (exact) mass is 402 g/mol. The van der Waals surface area contributed by atoms with Crippen LogP contribution >= 0.6 is 0 Å². The maximum Gasteiger partial charge on any atom is 0.270 e. The summed E-state index contributed by atoms with van der Waals surface area (Å²) >= 11 is 0. The average molecular weight is 403 g/mol. The lowest BCUT2D eigenvalue weighted by Crippen LogP contribution is -2.53. The molecule has 5 heteroatoms. The first kappa shape index (κ1) is 20.4. The molecule has 0 spiro atoms. The molecule has 4 rings (SSSR count). The van der Waals surface area contributed by atoms with Crippen LogP contribution in [0.3, 0.4) is 0 Å². The van der Waals surface area contributed by atoms with Gasteiger partial charge in [0.15, 0.2) is 0 Å². The van der Waals surface area contributed by atoms with E-state index in [-0.39, 0.29) is 11.4 Å². The van der Waals surface area contributed by atoms with Gasteiger partial charge in [-0.15, -0.1) is 0 Å². The summed E-state index contributed by atoms with van der Waals surface area (Å²) in [4.78, 5) is 15.6.